The van der Waals surface area contributed by atoms with Crippen LogP contribution in [0.15, 0.2) is 18.2 Å². The first-order valence-electron chi connectivity index (χ1n) is 4.12. The van der Waals surface area contributed by atoms with Crippen LogP contribution in [0.3, 0.4) is 0 Å². The molecule has 0 saturated carbocycles. The molecular weight excluding hydrogens is 285 g/mol. The maximum Gasteiger partial charge on any atom is 0.516 e. The van der Waals surface area contributed by atoms with Crippen molar-refractivity contribution >= 4 is 15.9 Å². The molecular formula is C8H4F5NO3S. The zero-order valence-electron chi connectivity index (χ0n) is 8.25. The minimum atomic E-state index is -5.92. The molecule has 1 N–H and O–H groups in total. The fraction of sp³-hybridized carbons (Fsp3) is 0.125. The van der Waals surface area contributed by atoms with Crippen LogP contribution in [0.2, 0.25) is 0 Å². The zero-order chi connectivity index (χ0) is 14.1. The van der Waals surface area contributed by atoms with Crippen molar-refractivity contribution in [1.29, 1.82) is 0 Å². The van der Waals surface area contributed by atoms with E-state index in [0.29, 0.717) is 22.9 Å². The second-order valence-electron chi connectivity index (χ2n) is 3.04. The van der Waals surface area contributed by atoms with Gasteiger partial charge < -0.3 is 0 Å². The molecule has 0 atom stereocenters. The van der Waals surface area contributed by atoms with E-state index in [1.165, 1.54) is 0 Å². The van der Waals surface area contributed by atoms with E-state index in [0.717, 1.165) is 0 Å². The van der Waals surface area contributed by atoms with Crippen LogP contribution in [-0.4, -0.2) is 19.8 Å². The van der Waals surface area contributed by atoms with Gasteiger partial charge in [0.1, 0.15) is 11.6 Å². The summed E-state index contributed by atoms with van der Waals surface area (Å²) in [5.41, 5.74) is -6.59. The number of rotatable bonds is 2. The van der Waals surface area contributed by atoms with Crippen molar-refractivity contribution in [3.63, 3.8) is 0 Å². The van der Waals surface area contributed by atoms with Crippen molar-refractivity contribution in [2.75, 3.05) is 0 Å². The zero-order valence-corrected chi connectivity index (χ0v) is 9.07. The van der Waals surface area contributed by atoms with Crippen LogP contribution in [0.5, 0.6) is 0 Å². The van der Waals surface area contributed by atoms with Gasteiger partial charge in [-0.2, -0.15) is 21.6 Å². The molecule has 1 amide bonds. The Labute approximate surface area is 97.5 Å². The highest BCUT2D eigenvalue weighted by atomic mass is 32.2. The Hall–Kier alpha value is -1.71. The van der Waals surface area contributed by atoms with Gasteiger partial charge in [0, 0.05) is 11.6 Å². The average Bonchev–Trinajstić information content (AvgIpc) is 2.13. The molecule has 4 nitrogen and oxygen atoms in total. The molecule has 100 valence electrons. The minimum absolute atomic E-state index is 0.370. The number of carbonyl (C=O) groups excluding carboxylic acids is 1. The summed E-state index contributed by atoms with van der Waals surface area (Å²) >= 11 is 0. The average molecular weight is 289 g/mol. The lowest BCUT2D eigenvalue weighted by Gasteiger charge is -2.09. The van der Waals surface area contributed by atoms with Gasteiger partial charge in [-0.3, -0.25) is 4.79 Å². The second-order valence-corrected chi connectivity index (χ2v) is 4.71. The normalized spacial score (nSPS) is 12.3. The Balaban J connectivity index is 3.04. The summed E-state index contributed by atoms with van der Waals surface area (Å²) in [6.45, 7) is 0. The van der Waals surface area contributed by atoms with Gasteiger partial charge in [0.25, 0.3) is 5.91 Å². The number of benzene rings is 1. The van der Waals surface area contributed by atoms with Crippen molar-refractivity contribution < 1.29 is 35.2 Å². The standard InChI is InChI=1S/C8H4F5NO3S/c9-5-1-4(2-6(10)3-5)7(15)14-18(16,17)8(11,12)13/h1-3H,(H,14,15). The molecule has 10 heteroatoms. The van der Waals surface area contributed by atoms with Gasteiger partial charge in [0.2, 0.25) is 0 Å². The summed E-state index contributed by atoms with van der Waals surface area (Å²) in [6.07, 6.45) is 0. The van der Waals surface area contributed by atoms with E-state index >= 15 is 0 Å². The van der Waals surface area contributed by atoms with Gasteiger partial charge in [-0.1, -0.05) is 0 Å². The molecule has 1 aromatic carbocycles. The van der Waals surface area contributed by atoms with Crippen LogP contribution in [-0.2, 0) is 10.0 Å². The summed E-state index contributed by atoms with van der Waals surface area (Å²) in [6, 6.07) is 1.16. The van der Waals surface area contributed by atoms with Crippen LogP contribution in [0.25, 0.3) is 0 Å². The first-order chi connectivity index (χ1) is 8.03. The third-order valence-corrected chi connectivity index (χ3v) is 2.72. The smallest absolute Gasteiger partial charge is 0.268 e. The highest BCUT2D eigenvalue weighted by molar-refractivity contribution is 7.90. The number of hydrogen-bond donors (Lipinski definition) is 1. The van der Waals surface area contributed by atoms with Crippen molar-refractivity contribution in [3.05, 3.63) is 35.4 Å². The monoisotopic (exact) mass is 289 g/mol. The van der Waals surface area contributed by atoms with E-state index in [1.54, 1.807) is 0 Å². The topological polar surface area (TPSA) is 63.2 Å². The molecule has 18 heavy (non-hydrogen) atoms. The summed E-state index contributed by atoms with van der Waals surface area (Å²) < 4.78 is 82.8. The fourth-order valence-corrected chi connectivity index (χ4v) is 1.40. The Bertz CT molecular complexity index is 561. The van der Waals surface area contributed by atoms with Gasteiger partial charge in [-0.25, -0.2) is 13.5 Å². The number of carbonyl (C=O) groups is 1. The molecule has 1 rings (SSSR count). The highest BCUT2D eigenvalue weighted by Crippen LogP contribution is 2.22. The molecule has 1 aromatic rings. The van der Waals surface area contributed by atoms with Crippen LogP contribution in [0, 0.1) is 11.6 Å². The number of halogens is 5. The van der Waals surface area contributed by atoms with Crippen LogP contribution in [0.4, 0.5) is 22.0 Å². The number of sulfonamides is 1. The maximum absolute atomic E-state index is 12.7. The fourth-order valence-electron chi connectivity index (χ4n) is 0.924. The lowest BCUT2D eigenvalue weighted by Crippen LogP contribution is -2.40. The molecule has 0 radical (unpaired) electrons. The Morgan fingerprint density at radius 2 is 1.50 bits per heavy atom. The summed E-state index contributed by atoms with van der Waals surface area (Å²) in [5.74, 6) is -4.25. The van der Waals surface area contributed by atoms with E-state index in [2.05, 4.69) is 0 Å². The molecule has 0 fully saturated rings. The summed E-state index contributed by atoms with van der Waals surface area (Å²) in [7, 11) is -5.92. The van der Waals surface area contributed by atoms with Gasteiger partial charge in [-0.15, -0.1) is 0 Å². The molecule has 0 aliphatic heterocycles. The van der Waals surface area contributed by atoms with Crippen molar-refractivity contribution in [3.8, 4) is 0 Å². The SMILES string of the molecule is O=C(NS(=O)(=O)C(F)(F)F)c1cc(F)cc(F)c1. The number of amides is 1. The molecule has 0 saturated heterocycles. The van der Waals surface area contributed by atoms with E-state index in [4.69, 9.17) is 0 Å². The van der Waals surface area contributed by atoms with Crippen LogP contribution >= 0.6 is 0 Å². The van der Waals surface area contributed by atoms with E-state index in [-0.39, 0.29) is 0 Å². The summed E-state index contributed by atoms with van der Waals surface area (Å²) in [5, 5.41) is 0. The molecule has 0 aliphatic rings. The first-order valence-corrected chi connectivity index (χ1v) is 5.61. The largest absolute Gasteiger partial charge is 0.516 e. The van der Waals surface area contributed by atoms with Crippen molar-refractivity contribution in [2.45, 2.75) is 5.51 Å². The second kappa shape index (κ2) is 4.52. The van der Waals surface area contributed by atoms with Crippen molar-refractivity contribution in [2.24, 2.45) is 0 Å². The molecule has 0 aromatic heterocycles. The van der Waals surface area contributed by atoms with Gasteiger partial charge >= 0.3 is 15.5 Å². The van der Waals surface area contributed by atoms with E-state index in [9.17, 15) is 35.2 Å². The lowest BCUT2D eigenvalue weighted by molar-refractivity contribution is -0.0446. The third-order valence-electron chi connectivity index (χ3n) is 1.66. The first kappa shape index (κ1) is 14.4. The molecule has 0 aliphatic carbocycles. The molecule has 0 bridgehead atoms. The predicted molar refractivity (Wildman–Crippen MR) is 48.8 cm³/mol. The van der Waals surface area contributed by atoms with Crippen LogP contribution < -0.4 is 4.72 Å². The van der Waals surface area contributed by atoms with Gasteiger partial charge in [-0.05, 0) is 12.1 Å². The summed E-state index contributed by atoms with van der Waals surface area (Å²) in [4.78, 5) is 11.1. The molecule has 0 heterocycles. The van der Waals surface area contributed by atoms with Crippen molar-refractivity contribution in [1.82, 2.24) is 4.72 Å². The van der Waals surface area contributed by atoms with Crippen LogP contribution in [0.1, 0.15) is 10.4 Å². The molecule has 0 unspecified atom stereocenters. The van der Waals surface area contributed by atoms with Gasteiger partial charge in [0.05, 0.1) is 0 Å². The Kier molecular flexibility index (Phi) is 3.60. The number of hydrogen-bond acceptors (Lipinski definition) is 3. The highest BCUT2D eigenvalue weighted by Gasteiger charge is 2.47. The predicted octanol–water partition coefficient (Wildman–Crippen LogP) is 1.54. The number of nitrogens with one attached hydrogen (secondary N) is 1. The lowest BCUT2D eigenvalue weighted by atomic mass is 10.2. The minimum Gasteiger partial charge on any atom is -0.268 e. The van der Waals surface area contributed by atoms with E-state index < -0.39 is 38.6 Å². The maximum atomic E-state index is 12.7. The Morgan fingerprint density at radius 1 is 1.06 bits per heavy atom. The third kappa shape index (κ3) is 3.15. The van der Waals surface area contributed by atoms with Gasteiger partial charge in [0.15, 0.2) is 0 Å². The quantitative estimate of drug-likeness (QED) is 0.840. The molecule has 0 spiro atoms. The number of alkyl halides is 3. The Morgan fingerprint density at radius 3 is 1.89 bits per heavy atom. The van der Waals surface area contributed by atoms with E-state index in [1.807, 2.05) is 0 Å².